The highest BCUT2D eigenvalue weighted by molar-refractivity contribution is 7.92. The second-order valence-electron chi connectivity index (χ2n) is 13.3. The zero-order valence-corrected chi connectivity index (χ0v) is 29.0. The van der Waals surface area contributed by atoms with Crippen molar-refractivity contribution in [3.8, 4) is 22.9 Å². The molecule has 0 unspecified atom stereocenters. The van der Waals surface area contributed by atoms with Crippen molar-refractivity contribution >= 4 is 21.9 Å². The van der Waals surface area contributed by atoms with Crippen LogP contribution in [0.3, 0.4) is 0 Å². The molecule has 0 radical (unpaired) electrons. The van der Waals surface area contributed by atoms with Crippen LogP contribution in [0, 0.1) is 26.7 Å². The lowest BCUT2D eigenvalue weighted by molar-refractivity contribution is 0.0545. The van der Waals surface area contributed by atoms with Gasteiger partial charge in [-0.3, -0.25) is 4.79 Å². The monoisotopic (exact) mass is 658 g/mol. The summed E-state index contributed by atoms with van der Waals surface area (Å²) in [5.41, 5.74) is 3.82. The molecule has 0 aliphatic carbocycles. The number of hydrogen-bond acceptors (Lipinski definition) is 9. The molecule has 3 heterocycles. The minimum absolute atomic E-state index is 0.0618. The summed E-state index contributed by atoms with van der Waals surface area (Å²) in [7, 11) is -4.18. The smallest absolute Gasteiger partial charge is 0.264 e. The van der Waals surface area contributed by atoms with Gasteiger partial charge in [0.2, 0.25) is 11.8 Å². The van der Waals surface area contributed by atoms with Crippen LogP contribution in [0.5, 0.6) is 11.6 Å². The molecule has 47 heavy (non-hydrogen) atoms. The lowest BCUT2D eigenvalue weighted by Gasteiger charge is -2.32. The number of carbonyl (C=O) groups is 1. The summed E-state index contributed by atoms with van der Waals surface area (Å²) in [6, 6.07) is 11.4. The minimum atomic E-state index is -4.18. The molecule has 2 aromatic carbocycles. The molecule has 11 nitrogen and oxygen atoms in total. The Labute approximate surface area is 276 Å². The third-order valence-corrected chi connectivity index (χ3v) is 9.04. The lowest BCUT2D eigenvalue weighted by Crippen LogP contribution is -2.44. The SMILES string of the molecule is Cc1cccc(C)c1-c1nc2nc(c1C)OC[C@@H](CC(C)C)N(Cc1ncc(OC(C)(C)C)cn1)C(=O)c1cccc(c1)S(=O)(=O)N2. The van der Waals surface area contributed by atoms with E-state index < -0.39 is 21.7 Å². The molecule has 248 valence electrons. The number of nitrogens with zero attached hydrogens (tertiary/aromatic N) is 5. The third kappa shape index (κ3) is 7.87. The van der Waals surface area contributed by atoms with E-state index in [-0.39, 0.29) is 47.3 Å². The standard InChI is InChI=1S/C35H42N6O5S/c1-21(2)15-26-20-45-32-24(5)31(30-22(3)11-9-12-23(30)4)38-34(39-32)40-47(43,44)28-14-10-13-25(16-28)33(42)41(26)19-29-36-17-27(18-37-29)46-35(6,7)8/h9-14,16-18,21,26H,15,19-20H2,1-8H3,(H,38,39,40)/t26-/m1/s1. The Morgan fingerprint density at radius 3 is 2.32 bits per heavy atom. The number of anilines is 1. The normalized spacial score (nSPS) is 16.4. The van der Waals surface area contributed by atoms with Crippen LogP contribution in [0.25, 0.3) is 11.3 Å². The molecule has 0 saturated carbocycles. The molecule has 1 N–H and O–H groups in total. The Bertz CT molecular complexity index is 1870. The molecule has 1 aliphatic heterocycles. The van der Waals surface area contributed by atoms with Crippen LogP contribution in [-0.2, 0) is 16.6 Å². The number of carbonyl (C=O) groups excluding carboxylic acids is 1. The van der Waals surface area contributed by atoms with E-state index in [1.165, 1.54) is 12.1 Å². The van der Waals surface area contributed by atoms with Gasteiger partial charge in [-0.25, -0.2) is 28.1 Å². The first-order chi connectivity index (χ1) is 22.1. The lowest BCUT2D eigenvalue weighted by atomic mass is 9.97. The first kappa shape index (κ1) is 33.8. The van der Waals surface area contributed by atoms with Gasteiger partial charge in [0.1, 0.15) is 18.0 Å². The summed E-state index contributed by atoms with van der Waals surface area (Å²) < 4.78 is 42.2. The second-order valence-corrected chi connectivity index (χ2v) is 15.0. The van der Waals surface area contributed by atoms with Crippen molar-refractivity contribution in [2.75, 3.05) is 11.3 Å². The van der Waals surface area contributed by atoms with Gasteiger partial charge in [0.05, 0.1) is 35.6 Å². The second kappa shape index (κ2) is 13.3. The van der Waals surface area contributed by atoms with E-state index in [2.05, 4.69) is 38.5 Å². The molecular weight excluding hydrogens is 616 g/mol. The highest BCUT2D eigenvalue weighted by Crippen LogP contribution is 2.34. The van der Waals surface area contributed by atoms with Gasteiger partial charge in [0.15, 0.2) is 5.75 Å². The van der Waals surface area contributed by atoms with Crippen molar-refractivity contribution in [1.82, 2.24) is 24.8 Å². The van der Waals surface area contributed by atoms with Crippen LogP contribution < -0.4 is 14.2 Å². The maximum absolute atomic E-state index is 14.3. The van der Waals surface area contributed by atoms with Crippen molar-refractivity contribution in [1.29, 1.82) is 0 Å². The van der Waals surface area contributed by atoms with Gasteiger partial charge in [-0.15, -0.1) is 0 Å². The van der Waals surface area contributed by atoms with Crippen LogP contribution in [0.15, 0.2) is 59.8 Å². The third-order valence-electron chi connectivity index (χ3n) is 7.71. The van der Waals surface area contributed by atoms with Gasteiger partial charge in [0, 0.05) is 16.7 Å². The number of amides is 1. The number of aryl methyl sites for hydroxylation is 2. The van der Waals surface area contributed by atoms with Crippen molar-refractivity contribution in [2.24, 2.45) is 5.92 Å². The number of aromatic nitrogens is 4. The zero-order chi connectivity index (χ0) is 34.1. The van der Waals surface area contributed by atoms with Gasteiger partial charge >= 0.3 is 0 Å². The van der Waals surface area contributed by atoms with Crippen LogP contribution in [-0.4, -0.2) is 57.4 Å². The summed E-state index contributed by atoms with van der Waals surface area (Å²) in [4.78, 5) is 34.1. The van der Waals surface area contributed by atoms with E-state index in [9.17, 15) is 13.2 Å². The molecule has 1 aliphatic rings. The summed E-state index contributed by atoms with van der Waals surface area (Å²) in [6.07, 6.45) is 3.77. The molecule has 0 spiro atoms. The number of rotatable bonds is 6. The molecule has 0 fully saturated rings. The summed E-state index contributed by atoms with van der Waals surface area (Å²) >= 11 is 0. The molecule has 5 rings (SSSR count). The first-order valence-electron chi connectivity index (χ1n) is 15.6. The Morgan fingerprint density at radius 2 is 1.68 bits per heavy atom. The largest absolute Gasteiger partial charge is 0.485 e. The number of sulfonamides is 1. The highest BCUT2D eigenvalue weighted by Gasteiger charge is 2.30. The first-order valence-corrected chi connectivity index (χ1v) is 17.1. The highest BCUT2D eigenvalue weighted by atomic mass is 32.2. The van der Waals surface area contributed by atoms with Gasteiger partial charge < -0.3 is 14.4 Å². The topological polar surface area (TPSA) is 136 Å². The fraction of sp³-hybridized carbons (Fsp3) is 0.400. The average molecular weight is 659 g/mol. The number of fused-ring (bicyclic) bond motifs is 4. The fourth-order valence-corrected chi connectivity index (χ4v) is 6.60. The van der Waals surface area contributed by atoms with Crippen LogP contribution in [0.4, 0.5) is 5.95 Å². The van der Waals surface area contributed by atoms with Crippen molar-refractivity contribution in [2.45, 2.75) is 84.9 Å². The number of nitrogens with one attached hydrogen (secondary N) is 1. The molecule has 12 heteroatoms. The fourth-order valence-electron chi connectivity index (χ4n) is 5.61. The molecular formula is C35H42N6O5S. The van der Waals surface area contributed by atoms with Gasteiger partial charge in [0.25, 0.3) is 15.9 Å². The number of benzene rings is 2. The Morgan fingerprint density at radius 1 is 1.02 bits per heavy atom. The molecule has 0 saturated heterocycles. The predicted molar refractivity (Wildman–Crippen MR) is 180 cm³/mol. The maximum Gasteiger partial charge on any atom is 0.264 e. The van der Waals surface area contributed by atoms with E-state index in [4.69, 9.17) is 9.47 Å². The van der Waals surface area contributed by atoms with Crippen LogP contribution in [0.1, 0.15) is 73.9 Å². The Balaban J connectivity index is 1.64. The van der Waals surface area contributed by atoms with E-state index in [1.54, 1.807) is 29.4 Å². The molecule has 4 aromatic rings. The average Bonchev–Trinajstić information content (AvgIpc) is 2.99. The minimum Gasteiger partial charge on any atom is -0.485 e. The van der Waals surface area contributed by atoms with Crippen molar-refractivity contribution in [3.63, 3.8) is 0 Å². The quantitative estimate of drug-likeness (QED) is 0.254. The molecule has 2 aromatic heterocycles. The molecule has 1 amide bonds. The summed E-state index contributed by atoms with van der Waals surface area (Å²) in [5.74, 6) is 0.837. The zero-order valence-electron chi connectivity index (χ0n) is 28.2. The summed E-state index contributed by atoms with van der Waals surface area (Å²) in [5, 5.41) is 0. The van der Waals surface area contributed by atoms with Gasteiger partial charge in [-0.1, -0.05) is 38.1 Å². The number of hydrogen-bond donors (Lipinski definition) is 1. The summed E-state index contributed by atoms with van der Waals surface area (Å²) in [6.45, 7) is 15.9. The molecule has 4 bridgehead atoms. The Hall–Kier alpha value is -4.58. The molecule has 1 atom stereocenters. The maximum atomic E-state index is 14.3. The number of ether oxygens (including phenoxy) is 2. The van der Waals surface area contributed by atoms with Gasteiger partial charge in [-0.2, -0.15) is 4.98 Å². The van der Waals surface area contributed by atoms with Crippen molar-refractivity contribution < 1.29 is 22.7 Å². The van der Waals surface area contributed by atoms with Crippen LogP contribution in [0.2, 0.25) is 0 Å². The van der Waals surface area contributed by atoms with E-state index in [0.29, 0.717) is 29.3 Å². The van der Waals surface area contributed by atoms with Gasteiger partial charge in [-0.05, 0) is 83.2 Å². The van der Waals surface area contributed by atoms with Crippen molar-refractivity contribution in [3.05, 3.63) is 82.9 Å². The van der Waals surface area contributed by atoms with Crippen LogP contribution >= 0.6 is 0 Å². The van der Waals surface area contributed by atoms with E-state index >= 15 is 0 Å². The Kier molecular flexibility index (Phi) is 9.53. The predicted octanol–water partition coefficient (Wildman–Crippen LogP) is 6.29. The van der Waals surface area contributed by atoms with E-state index in [0.717, 1.165) is 16.7 Å². The van der Waals surface area contributed by atoms with E-state index in [1.807, 2.05) is 59.7 Å².